The number of thiazole rings is 1. The largest absolute Gasteiger partial charge is 0.436 e. The van der Waals surface area contributed by atoms with Gasteiger partial charge in [0.15, 0.2) is 11.7 Å². The standard InChI is InChI=1S/C25H28F3N3O2S/c1-4-16(2)8-9-17(3)6-5-7-21-31-20-15-18(23(25(26,27)28)32-12-10-29)14-19(22(20)33-21)24-30-11-13-34-24/h5,7,11,13-17,23H,4,6,8-9,12H2,1-3H3/b7-5+. The number of alkyl halides is 3. The number of rotatable bonds is 11. The van der Waals surface area contributed by atoms with Crippen molar-refractivity contribution in [2.45, 2.75) is 58.7 Å². The lowest BCUT2D eigenvalue weighted by molar-refractivity contribution is -0.220. The molecular formula is C25H28F3N3O2S. The lowest BCUT2D eigenvalue weighted by Crippen LogP contribution is -2.24. The summed E-state index contributed by atoms with van der Waals surface area (Å²) in [6.07, 6.45) is 2.73. The number of aromatic nitrogens is 2. The molecule has 3 atom stereocenters. The number of ether oxygens (including phenoxy) is 1. The summed E-state index contributed by atoms with van der Waals surface area (Å²) in [5, 5.41) is 11.0. The normalized spacial score (nSPS) is 15.0. The maximum atomic E-state index is 13.7. The predicted octanol–water partition coefficient (Wildman–Crippen LogP) is 7.96. The van der Waals surface area contributed by atoms with Crippen LogP contribution in [-0.4, -0.2) is 22.8 Å². The molecule has 34 heavy (non-hydrogen) atoms. The van der Waals surface area contributed by atoms with Crippen LogP contribution in [0.1, 0.15) is 64.0 Å². The van der Waals surface area contributed by atoms with Crippen molar-refractivity contribution in [3.63, 3.8) is 0 Å². The fraction of sp³-hybridized carbons (Fsp3) is 0.480. The molecule has 0 saturated heterocycles. The van der Waals surface area contributed by atoms with Crippen LogP contribution in [0.25, 0.3) is 27.7 Å². The van der Waals surface area contributed by atoms with Gasteiger partial charge in [0.25, 0.3) is 0 Å². The van der Waals surface area contributed by atoms with E-state index in [9.17, 15) is 13.2 Å². The van der Waals surface area contributed by atoms with E-state index in [1.807, 2.05) is 6.08 Å². The van der Waals surface area contributed by atoms with Crippen molar-refractivity contribution in [3.05, 3.63) is 41.2 Å². The molecule has 0 aliphatic heterocycles. The first kappa shape index (κ1) is 25.9. The van der Waals surface area contributed by atoms with Gasteiger partial charge in [-0.1, -0.05) is 46.1 Å². The third-order valence-electron chi connectivity index (χ3n) is 5.75. The molecule has 0 saturated carbocycles. The summed E-state index contributed by atoms with van der Waals surface area (Å²) in [6.45, 7) is 5.96. The van der Waals surface area contributed by atoms with Crippen LogP contribution in [-0.2, 0) is 4.74 Å². The van der Waals surface area contributed by atoms with Crippen LogP contribution in [0.5, 0.6) is 0 Å². The molecule has 2 heterocycles. The van der Waals surface area contributed by atoms with E-state index in [1.165, 1.54) is 36.3 Å². The Morgan fingerprint density at radius 2 is 2.00 bits per heavy atom. The molecule has 0 bridgehead atoms. The zero-order chi connectivity index (χ0) is 24.7. The van der Waals surface area contributed by atoms with Crippen molar-refractivity contribution in [2.24, 2.45) is 11.8 Å². The molecule has 3 unspecified atom stereocenters. The van der Waals surface area contributed by atoms with E-state index in [0.717, 1.165) is 12.8 Å². The van der Waals surface area contributed by atoms with Crippen molar-refractivity contribution in [1.29, 1.82) is 5.26 Å². The van der Waals surface area contributed by atoms with Gasteiger partial charge in [-0.2, -0.15) is 18.4 Å². The fourth-order valence-corrected chi connectivity index (χ4v) is 4.25. The maximum absolute atomic E-state index is 13.7. The van der Waals surface area contributed by atoms with Gasteiger partial charge in [-0.05, 0) is 42.0 Å². The fourth-order valence-electron chi connectivity index (χ4n) is 3.60. The first-order valence-electron chi connectivity index (χ1n) is 11.3. The van der Waals surface area contributed by atoms with Crippen LogP contribution in [0.3, 0.4) is 0 Å². The minimum absolute atomic E-state index is 0.150. The number of allylic oxidation sites excluding steroid dienone is 1. The van der Waals surface area contributed by atoms with Gasteiger partial charge in [0.1, 0.15) is 17.1 Å². The van der Waals surface area contributed by atoms with Crippen LogP contribution in [0.15, 0.2) is 34.2 Å². The first-order valence-corrected chi connectivity index (χ1v) is 12.2. The van der Waals surface area contributed by atoms with Crippen molar-refractivity contribution >= 4 is 28.5 Å². The van der Waals surface area contributed by atoms with Crippen LogP contribution >= 0.6 is 11.3 Å². The average Bonchev–Trinajstić information content (AvgIpc) is 3.46. The molecule has 2 aromatic heterocycles. The van der Waals surface area contributed by atoms with Gasteiger partial charge in [-0.15, -0.1) is 11.3 Å². The zero-order valence-corrected chi connectivity index (χ0v) is 20.2. The van der Waals surface area contributed by atoms with Crippen LogP contribution in [0.4, 0.5) is 13.2 Å². The lowest BCUT2D eigenvalue weighted by Gasteiger charge is -2.20. The number of oxazole rings is 1. The van der Waals surface area contributed by atoms with E-state index >= 15 is 0 Å². The molecule has 182 valence electrons. The SMILES string of the molecule is CCC(C)CCC(C)C/C=C/c1nc2cc(C(OCC#N)C(F)(F)F)cc(-c3nccs3)c2o1. The second kappa shape index (κ2) is 11.6. The Labute approximate surface area is 201 Å². The molecule has 3 rings (SSSR count). The molecule has 0 amide bonds. The maximum Gasteiger partial charge on any atom is 0.418 e. The minimum Gasteiger partial charge on any atom is -0.436 e. The number of fused-ring (bicyclic) bond motifs is 1. The smallest absolute Gasteiger partial charge is 0.418 e. The van der Waals surface area contributed by atoms with Gasteiger partial charge in [0.2, 0.25) is 5.89 Å². The van der Waals surface area contributed by atoms with E-state index in [2.05, 4.69) is 30.7 Å². The molecule has 9 heteroatoms. The number of benzene rings is 1. The molecule has 5 nitrogen and oxygen atoms in total. The highest BCUT2D eigenvalue weighted by atomic mass is 32.1. The number of nitriles is 1. The number of halogens is 3. The summed E-state index contributed by atoms with van der Waals surface area (Å²) < 4.78 is 51.8. The Morgan fingerprint density at radius 1 is 1.24 bits per heavy atom. The summed E-state index contributed by atoms with van der Waals surface area (Å²) in [6, 6.07) is 4.25. The average molecular weight is 492 g/mol. The molecule has 0 N–H and O–H groups in total. The lowest BCUT2D eigenvalue weighted by atomic mass is 9.94. The molecule has 0 spiro atoms. The van der Waals surface area contributed by atoms with Gasteiger partial charge in [-0.25, -0.2) is 9.97 Å². The monoisotopic (exact) mass is 491 g/mol. The van der Waals surface area contributed by atoms with E-state index in [0.29, 0.717) is 33.9 Å². The minimum atomic E-state index is -4.69. The summed E-state index contributed by atoms with van der Waals surface area (Å²) >= 11 is 1.29. The van der Waals surface area contributed by atoms with Gasteiger partial charge in [0, 0.05) is 11.6 Å². The van der Waals surface area contributed by atoms with Crippen LogP contribution in [0.2, 0.25) is 0 Å². The van der Waals surface area contributed by atoms with E-state index < -0.39 is 18.9 Å². The number of hydrogen-bond donors (Lipinski definition) is 0. The second-order valence-corrected chi connectivity index (χ2v) is 9.43. The predicted molar refractivity (Wildman–Crippen MR) is 127 cm³/mol. The molecule has 0 aliphatic rings. The van der Waals surface area contributed by atoms with Gasteiger partial charge in [0.05, 0.1) is 11.6 Å². The molecular weight excluding hydrogens is 463 g/mol. The van der Waals surface area contributed by atoms with Crippen molar-refractivity contribution in [1.82, 2.24) is 9.97 Å². The summed E-state index contributed by atoms with van der Waals surface area (Å²) in [5.74, 6) is 1.54. The molecule has 1 aromatic carbocycles. The Bertz CT molecular complexity index is 1130. The Morgan fingerprint density at radius 3 is 2.65 bits per heavy atom. The summed E-state index contributed by atoms with van der Waals surface area (Å²) in [4.78, 5) is 8.64. The molecule has 0 radical (unpaired) electrons. The molecule has 3 aromatic rings. The van der Waals surface area contributed by atoms with Crippen LogP contribution < -0.4 is 0 Å². The quantitative estimate of drug-likeness (QED) is 0.272. The highest BCUT2D eigenvalue weighted by Crippen LogP contribution is 2.40. The highest BCUT2D eigenvalue weighted by molar-refractivity contribution is 7.13. The van der Waals surface area contributed by atoms with Crippen LogP contribution in [0, 0.1) is 23.2 Å². The molecule has 0 fully saturated rings. The number of hydrogen-bond acceptors (Lipinski definition) is 6. The Balaban J connectivity index is 1.91. The Kier molecular flexibility index (Phi) is 8.86. The summed E-state index contributed by atoms with van der Waals surface area (Å²) in [7, 11) is 0. The van der Waals surface area contributed by atoms with Crippen molar-refractivity contribution in [3.8, 4) is 16.6 Å². The topological polar surface area (TPSA) is 71.9 Å². The van der Waals surface area contributed by atoms with E-state index in [1.54, 1.807) is 23.7 Å². The van der Waals surface area contributed by atoms with E-state index in [-0.39, 0.29) is 11.1 Å². The van der Waals surface area contributed by atoms with Gasteiger partial charge >= 0.3 is 6.18 Å². The third-order valence-corrected chi connectivity index (χ3v) is 6.56. The summed E-state index contributed by atoms with van der Waals surface area (Å²) in [5.41, 5.74) is 0.903. The molecule has 0 aliphatic carbocycles. The third kappa shape index (κ3) is 6.67. The number of nitrogens with zero attached hydrogens (tertiary/aromatic N) is 3. The van der Waals surface area contributed by atoms with Gasteiger partial charge < -0.3 is 9.15 Å². The van der Waals surface area contributed by atoms with E-state index in [4.69, 9.17) is 14.4 Å². The highest BCUT2D eigenvalue weighted by Gasteiger charge is 2.42. The van der Waals surface area contributed by atoms with Crippen molar-refractivity contribution < 1.29 is 22.3 Å². The first-order chi connectivity index (χ1) is 16.2. The van der Waals surface area contributed by atoms with Gasteiger partial charge in [-0.3, -0.25) is 0 Å². The zero-order valence-electron chi connectivity index (χ0n) is 19.4. The second-order valence-electron chi connectivity index (χ2n) is 8.53. The Hall–Kier alpha value is -2.70. The van der Waals surface area contributed by atoms with Crippen molar-refractivity contribution in [2.75, 3.05) is 6.61 Å².